The molecular formula is C17H22ClN5O2S. The fourth-order valence-electron chi connectivity index (χ4n) is 3.37. The van der Waals surface area contributed by atoms with Crippen LogP contribution in [0.2, 0.25) is 5.02 Å². The van der Waals surface area contributed by atoms with Crippen molar-refractivity contribution >= 4 is 44.2 Å². The van der Waals surface area contributed by atoms with Crippen molar-refractivity contribution in [2.45, 2.75) is 49.5 Å². The third-order valence-electron chi connectivity index (χ3n) is 4.67. The number of sulfonamides is 1. The van der Waals surface area contributed by atoms with E-state index in [1.165, 1.54) is 18.3 Å². The van der Waals surface area contributed by atoms with Crippen LogP contribution in [0.1, 0.15) is 39.0 Å². The summed E-state index contributed by atoms with van der Waals surface area (Å²) in [5, 5.41) is 1.50. The summed E-state index contributed by atoms with van der Waals surface area (Å²) >= 11 is 6.17. The van der Waals surface area contributed by atoms with E-state index >= 15 is 0 Å². The van der Waals surface area contributed by atoms with Crippen LogP contribution in [0.4, 0.5) is 5.82 Å². The Balaban J connectivity index is 2.06. The first-order valence-electron chi connectivity index (χ1n) is 8.42. The van der Waals surface area contributed by atoms with Gasteiger partial charge in [0.1, 0.15) is 0 Å². The number of pyridine rings is 1. The van der Waals surface area contributed by atoms with E-state index in [-0.39, 0.29) is 16.7 Å². The maximum atomic E-state index is 12.9. The van der Waals surface area contributed by atoms with Gasteiger partial charge in [0.2, 0.25) is 10.0 Å². The van der Waals surface area contributed by atoms with Crippen LogP contribution in [-0.2, 0) is 10.0 Å². The normalized spacial score (nSPS) is 17.2. The zero-order valence-corrected chi connectivity index (χ0v) is 16.1. The smallest absolute Gasteiger partial charge is 0.241 e. The maximum absolute atomic E-state index is 12.9. The number of halogens is 1. The molecule has 0 radical (unpaired) electrons. The fraction of sp³-hybridized carbons (Fsp3) is 0.412. The van der Waals surface area contributed by atoms with E-state index in [9.17, 15) is 8.42 Å². The third-order valence-corrected chi connectivity index (χ3v) is 6.61. The van der Waals surface area contributed by atoms with Crippen LogP contribution in [0.25, 0.3) is 10.8 Å². The summed E-state index contributed by atoms with van der Waals surface area (Å²) in [7, 11) is -3.70. The van der Waals surface area contributed by atoms with Gasteiger partial charge in [0.05, 0.1) is 9.92 Å². The number of nitrogens with zero attached hydrogens (tertiary/aromatic N) is 2. The topological polar surface area (TPSA) is 123 Å². The van der Waals surface area contributed by atoms with Gasteiger partial charge in [0.15, 0.2) is 11.8 Å². The molecule has 0 bridgehead atoms. The van der Waals surface area contributed by atoms with E-state index in [1.807, 2.05) is 6.92 Å². The summed E-state index contributed by atoms with van der Waals surface area (Å²) in [5.74, 6) is 0.0625. The number of fused-ring (bicyclic) bond motifs is 1. The molecule has 0 saturated heterocycles. The number of rotatable bonds is 4. The highest BCUT2D eigenvalue weighted by atomic mass is 35.5. The molecule has 1 aliphatic rings. The van der Waals surface area contributed by atoms with Gasteiger partial charge in [-0.15, -0.1) is 0 Å². The van der Waals surface area contributed by atoms with E-state index < -0.39 is 15.6 Å². The number of benzene rings is 1. The molecule has 0 unspecified atom stereocenters. The molecule has 5 N–H and O–H groups in total. The van der Waals surface area contributed by atoms with Crippen LogP contribution >= 0.6 is 11.6 Å². The van der Waals surface area contributed by atoms with Gasteiger partial charge in [-0.2, -0.15) is 4.99 Å². The molecule has 140 valence electrons. The average molecular weight is 396 g/mol. The molecule has 1 aromatic heterocycles. The van der Waals surface area contributed by atoms with Crippen molar-refractivity contribution in [2.75, 3.05) is 0 Å². The minimum absolute atomic E-state index is 0.132. The van der Waals surface area contributed by atoms with Gasteiger partial charge in [-0.25, -0.2) is 18.1 Å². The number of nitrogens with two attached hydrogens (primary N) is 2. The standard InChI is InChI=1S/C17H22ClN5O2S/c1-17(7-3-2-4-8-17)23-26(24,25)11-5-6-12-13(9-11)15(22-16(19)20)21-10-14(12)18/h5-6,9-10,23H,2-4,7-8H2,1H3,(H4,19,20,21,22). The van der Waals surface area contributed by atoms with Crippen molar-refractivity contribution in [3.05, 3.63) is 29.4 Å². The monoisotopic (exact) mass is 395 g/mol. The fourth-order valence-corrected chi connectivity index (χ4v) is 5.07. The predicted octanol–water partition coefficient (Wildman–Crippen LogP) is 2.79. The zero-order chi connectivity index (χ0) is 18.9. The lowest BCUT2D eigenvalue weighted by molar-refractivity contribution is 0.294. The molecule has 2 aromatic rings. The molecule has 1 aliphatic carbocycles. The van der Waals surface area contributed by atoms with Crippen molar-refractivity contribution in [1.29, 1.82) is 0 Å². The van der Waals surface area contributed by atoms with Crippen LogP contribution < -0.4 is 16.2 Å². The highest BCUT2D eigenvalue weighted by Crippen LogP contribution is 2.33. The van der Waals surface area contributed by atoms with E-state index in [0.717, 1.165) is 32.1 Å². The number of nitrogens with one attached hydrogen (secondary N) is 1. The van der Waals surface area contributed by atoms with Crippen LogP contribution in [0, 0.1) is 0 Å². The second-order valence-electron chi connectivity index (χ2n) is 6.90. The lowest BCUT2D eigenvalue weighted by atomic mass is 9.84. The number of aliphatic imine (C=N–C) groups is 1. The molecule has 1 fully saturated rings. The number of hydrogen-bond donors (Lipinski definition) is 3. The molecular weight excluding hydrogens is 374 g/mol. The zero-order valence-electron chi connectivity index (χ0n) is 14.5. The van der Waals surface area contributed by atoms with Crippen molar-refractivity contribution in [3.63, 3.8) is 0 Å². The van der Waals surface area contributed by atoms with Gasteiger partial charge >= 0.3 is 0 Å². The highest BCUT2D eigenvalue weighted by molar-refractivity contribution is 7.89. The Hall–Kier alpha value is -1.90. The first-order valence-corrected chi connectivity index (χ1v) is 10.3. The Morgan fingerprint density at radius 2 is 1.92 bits per heavy atom. The van der Waals surface area contributed by atoms with E-state index in [4.69, 9.17) is 23.1 Å². The summed E-state index contributed by atoms with van der Waals surface area (Å²) in [6.07, 6.45) is 6.26. The Morgan fingerprint density at radius 3 is 2.58 bits per heavy atom. The largest absolute Gasteiger partial charge is 0.370 e. The van der Waals surface area contributed by atoms with Crippen LogP contribution in [0.3, 0.4) is 0 Å². The van der Waals surface area contributed by atoms with Gasteiger partial charge in [0, 0.05) is 22.5 Å². The minimum Gasteiger partial charge on any atom is -0.370 e. The second-order valence-corrected chi connectivity index (χ2v) is 8.99. The quantitative estimate of drug-likeness (QED) is 0.542. The highest BCUT2D eigenvalue weighted by Gasteiger charge is 2.32. The summed E-state index contributed by atoms with van der Waals surface area (Å²) in [6, 6.07) is 4.68. The number of aromatic nitrogens is 1. The molecule has 3 rings (SSSR count). The molecule has 1 aromatic carbocycles. The van der Waals surface area contributed by atoms with E-state index in [0.29, 0.717) is 15.8 Å². The van der Waals surface area contributed by atoms with E-state index in [1.54, 1.807) is 6.07 Å². The molecule has 0 amide bonds. The first-order chi connectivity index (χ1) is 12.2. The molecule has 1 saturated carbocycles. The Kier molecular flexibility index (Phi) is 5.09. The predicted molar refractivity (Wildman–Crippen MR) is 104 cm³/mol. The Morgan fingerprint density at radius 1 is 1.23 bits per heavy atom. The van der Waals surface area contributed by atoms with Gasteiger partial charge in [-0.3, -0.25) is 0 Å². The molecule has 7 nitrogen and oxygen atoms in total. The average Bonchev–Trinajstić information content (AvgIpc) is 2.56. The van der Waals surface area contributed by atoms with Gasteiger partial charge < -0.3 is 11.5 Å². The molecule has 0 atom stereocenters. The Bertz CT molecular complexity index is 965. The van der Waals surface area contributed by atoms with Crippen molar-refractivity contribution < 1.29 is 8.42 Å². The molecule has 0 spiro atoms. The first kappa shape index (κ1) is 18.9. The second kappa shape index (κ2) is 7.02. The third kappa shape index (κ3) is 3.92. The van der Waals surface area contributed by atoms with Gasteiger partial charge in [-0.05, 0) is 31.9 Å². The summed E-state index contributed by atoms with van der Waals surface area (Å²) in [5.41, 5.74) is 10.5. The summed E-state index contributed by atoms with van der Waals surface area (Å²) in [6.45, 7) is 1.95. The molecule has 9 heteroatoms. The maximum Gasteiger partial charge on any atom is 0.241 e. The SMILES string of the molecule is CC1(NS(=O)(=O)c2ccc3c(Cl)cnc(N=C(N)N)c3c2)CCCCC1. The number of hydrogen-bond acceptors (Lipinski definition) is 4. The summed E-state index contributed by atoms with van der Waals surface area (Å²) < 4.78 is 28.7. The Labute approximate surface area is 157 Å². The lowest BCUT2D eigenvalue weighted by Gasteiger charge is -2.34. The molecule has 26 heavy (non-hydrogen) atoms. The summed E-state index contributed by atoms with van der Waals surface area (Å²) in [4.78, 5) is 8.21. The minimum atomic E-state index is -3.70. The molecule has 1 heterocycles. The van der Waals surface area contributed by atoms with Crippen molar-refractivity contribution in [1.82, 2.24) is 9.71 Å². The van der Waals surface area contributed by atoms with Crippen molar-refractivity contribution in [2.24, 2.45) is 16.5 Å². The molecule has 0 aliphatic heterocycles. The van der Waals surface area contributed by atoms with Gasteiger partial charge in [0.25, 0.3) is 0 Å². The van der Waals surface area contributed by atoms with Crippen LogP contribution in [-0.4, -0.2) is 24.9 Å². The number of guanidine groups is 1. The van der Waals surface area contributed by atoms with Crippen LogP contribution in [0.5, 0.6) is 0 Å². The lowest BCUT2D eigenvalue weighted by Crippen LogP contribution is -2.47. The van der Waals surface area contributed by atoms with Crippen LogP contribution in [0.15, 0.2) is 34.3 Å². The van der Waals surface area contributed by atoms with Crippen molar-refractivity contribution in [3.8, 4) is 0 Å². The van der Waals surface area contributed by atoms with E-state index in [2.05, 4.69) is 14.7 Å². The van der Waals surface area contributed by atoms with Gasteiger partial charge in [-0.1, -0.05) is 36.9 Å².